The summed E-state index contributed by atoms with van der Waals surface area (Å²) < 4.78 is 10.1. The number of carbonyl (C=O) groups excluding carboxylic acids is 3. The Morgan fingerprint density at radius 3 is 2.37 bits per heavy atom. The highest BCUT2D eigenvalue weighted by atomic mass is 16.5. The topological polar surface area (TPSA) is 93.1 Å². The van der Waals surface area contributed by atoms with Gasteiger partial charge in [0, 0.05) is 27.0 Å². The number of carbonyl (C=O) groups is 3. The number of benzene rings is 1. The van der Waals surface area contributed by atoms with E-state index in [2.05, 4.69) is 0 Å². The van der Waals surface area contributed by atoms with Gasteiger partial charge in [0.2, 0.25) is 0 Å². The summed E-state index contributed by atoms with van der Waals surface area (Å²) in [6.07, 6.45) is 0.229. The smallest absolute Gasteiger partial charge is 0.308 e. The molecular weight excluding hydrogens is 350 g/mol. The average Bonchev–Trinajstić information content (AvgIpc) is 2.84. The van der Waals surface area contributed by atoms with Gasteiger partial charge in [0.15, 0.2) is 11.5 Å². The zero-order valence-electron chi connectivity index (χ0n) is 16.0. The summed E-state index contributed by atoms with van der Waals surface area (Å²) in [5.74, 6) is -1.34. The fraction of sp³-hybridized carbons (Fsp3) is 0.450. The molecule has 0 saturated carbocycles. The first-order valence-electron chi connectivity index (χ1n) is 8.80. The third kappa shape index (κ3) is 4.74. The molecule has 27 heavy (non-hydrogen) atoms. The number of hydrogen-bond donors (Lipinski definition) is 1. The van der Waals surface area contributed by atoms with Crippen LogP contribution in [0.15, 0.2) is 35.6 Å². The third-order valence-corrected chi connectivity index (χ3v) is 4.19. The van der Waals surface area contributed by atoms with Crippen molar-refractivity contribution in [2.45, 2.75) is 33.2 Å². The van der Waals surface area contributed by atoms with Crippen molar-refractivity contribution in [2.75, 3.05) is 20.3 Å². The van der Waals surface area contributed by atoms with Crippen molar-refractivity contribution in [2.24, 2.45) is 5.92 Å². The highest BCUT2D eigenvalue weighted by Gasteiger charge is 2.43. The second-order valence-corrected chi connectivity index (χ2v) is 6.84. The third-order valence-electron chi connectivity index (χ3n) is 4.19. The van der Waals surface area contributed by atoms with Crippen LogP contribution < -0.4 is 4.74 Å². The van der Waals surface area contributed by atoms with Gasteiger partial charge in [-0.2, -0.15) is 0 Å². The number of aliphatic hydroxyl groups excluding tert-OH is 1. The number of methoxy groups -OCH3 is 1. The molecule has 0 aliphatic carbocycles. The predicted octanol–water partition coefficient (Wildman–Crippen LogP) is 2.57. The van der Waals surface area contributed by atoms with Gasteiger partial charge in [0.05, 0.1) is 18.2 Å². The van der Waals surface area contributed by atoms with Gasteiger partial charge in [-0.1, -0.05) is 26.0 Å². The molecule has 0 fully saturated rings. The van der Waals surface area contributed by atoms with E-state index in [0.717, 1.165) is 0 Å². The molecule has 146 valence electrons. The Morgan fingerprint density at radius 1 is 1.22 bits per heavy atom. The predicted molar refractivity (Wildman–Crippen MR) is 98.2 cm³/mol. The molecule has 1 aliphatic rings. The van der Waals surface area contributed by atoms with Gasteiger partial charge in [0.1, 0.15) is 5.75 Å². The van der Waals surface area contributed by atoms with Crippen LogP contribution in [0.1, 0.15) is 38.8 Å². The summed E-state index contributed by atoms with van der Waals surface area (Å²) in [5, 5.41) is 10.4. The molecule has 0 bridgehead atoms. The number of rotatable bonds is 8. The summed E-state index contributed by atoms with van der Waals surface area (Å²) in [5.41, 5.74) is 0.747. The normalized spacial score (nSPS) is 17.0. The lowest BCUT2D eigenvalue weighted by atomic mass is 9.92. The fourth-order valence-electron chi connectivity index (χ4n) is 3.07. The standard InChI is InChI=1S/C20H25NO6/c1-12(2)11-16(23)17-18(21(9-10-26-4)20(25)19(17)24)14-5-7-15(8-6-14)27-13(3)22/h5-8,12,18,24H,9-11H2,1-4H3. The molecule has 1 amide bonds. The number of esters is 1. The molecule has 1 aromatic rings. The maximum absolute atomic E-state index is 12.7. The van der Waals surface area contributed by atoms with Crippen molar-refractivity contribution in [1.29, 1.82) is 0 Å². The fourth-order valence-corrected chi connectivity index (χ4v) is 3.07. The van der Waals surface area contributed by atoms with Gasteiger partial charge in [0.25, 0.3) is 5.91 Å². The number of ketones is 1. The van der Waals surface area contributed by atoms with E-state index in [1.54, 1.807) is 24.3 Å². The number of amides is 1. The molecule has 2 rings (SSSR count). The summed E-state index contributed by atoms with van der Waals surface area (Å²) in [6, 6.07) is 5.84. The average molecular weight is 375 g/mol. The quantitative estimate of drug-likeness (QED) is 0.554. The molecule has 1 aromatic carbocycles. The molecule has 1 heterocycles. The van der Waals surface area contributed by atoms with Crippen LogP contribution in [0, 0.1) is 5.92 Å². The largest absolute Gasteiger partial charge is 0.503 e. The van der Waals surface area contributed by atoms with Crippen LogP contribution in [-0.4, -0.2) is 47.9 Å². The van der Waals surface area contributed by atoms with Crippen LogP contribution >= 0.6 is 0 Å². The van der Waals surface area contributed by atoms with E-state index in [1.165, 1.54) is 18.9 Å². The molecule has 0 aromatic heterocycles. The van der Waals surface area contributed by atoms with E-state index < -0.39 is 23.7 Å². The van der Waals surface area contributed by atoms with Crippen LogP contribution in [0.5, 0.6) is 5.75 Å². The van der Waals surface area contributed by atoms with Crippen LogP contribution in [0.4, 0.5) is 0 Å². The number of ether oxygens (including phenoxy) is 2. The first-order valence-corrected chi connectivity index (χ1v) is 8.80. The Bertz CT molecular complexity index is 750. The van der Waals surface area contributed by atoms with Crippen molar-refractivity contribution < 1.29 is 29.0 Å². The molecule has 1 aliphatic heterocycles. The van der Waals surface area contributed by atoms with Gasteiger partial charge in [-0.3, -0.25) is 14.4 Å². The van der Waals surface area contributed by atoms with Crippen LogP contribution in [0.2, 0.25) is 0 Å². The van der Waals surface area contributed by atoms with Gasteiger partial charge >= 0.3 is 5.97 Å². The van der Waals surface area contributed by atoms with Crippen molar-refractivity contribution in [3.05, 3.63) is 41.2 Å². The first-order chi connectivity index (χ1) is 12.8. The second-order valence-electron chi connectivity index (χ2n) is 6.84. The number of nitrogens with zero attached hydrogens (tertiary/aromatic N) is 1. The molecular formula is C20H25NO6. The number of hydrogen-bond acceptors (Lipinski definition) is 6. The summed E-state index contributed by atoms with van der Waals surface area (Å²) in [6.45, 7) is 5.61. The Hall–Kier alpha value is -2.67. The van der Waals surface area contributed by atoms with Crippen molar-refractivity contribution in [3.63, 3.8) is 0 Å². The zero-order chi connectivity index (χ0) is 20.1. The highest BCUT2D eigenvalue weighted by Crippen LogP contribution is 2.38. The maximum Gasteiger partial charge on any atom is 0.308 e. The van der Waals surface area contributed by atoms with E-state index in [-0.39, 0.29) is 36.8 Å². The number of Topliss-reactive ketones (excluding diaryl/α,β-unsaturated/α-hetero) is 1. The maximum atomic E-state index is 12.7. The van der Waals surface area contributed by atoms with Crippen molar-refractivity contribution in [1.82, 2.24) is 4.90 Å². The van der Waals surface area contributed by atoms with Crippen LogP contribution in [0.3, 0.4) is 0 Å². The minimum atomic E-state index is -0.703. The second kappa shape index (κ2) is 8.81. The molecule has 1 N–H and O–H groups in total. The van der Waals surface area contributed by atoms with Crippen molar-refractivity contribution >= 4 is 17.7 Å². The summed E-state index contributed by atoms with van der Waals surface area (Å²) >= 11 is 0. The van der Waals surface area contributed by atoms with Gasteiger partial charge in [-0.25, -0.2) is 0 Å². The van der Waals surface area contributed by atoms with E-state index in [9.17, 15) is 19.5 Å². The van der Waals surface area contributed by atoms with E-state index in [4.69, 9.17) is 9.47 Å². The lowest BCUT2D eigenvalue weighted by Crippen LogP contribution is -2.34. The van der Waals surface area contributed by atoms with Gasteiger partial charge in [-0.15, -0.1) is 0 Å². The van der Waals surface area contributed by atoms with Crippen LogP contribution in [0.25, 0.3) is 0 Å². The number of aliphatic hydroxyl groups is 1. The lowest BCUT2D eigenvalue weighted by molar-refractivity contribution is -0.132. The molecule has 1 unspecified atom stereocenters. The molecule has 7 heteroatoms. The lowest BCUT2D eigenvalue weighted by Gasteiger charge is -2.26. The molecule has 1 atom stereocenters. The van der Waals surface area contributed by atoms with Gasteiger partial charge in [-0.05, 0) is 23.6 Å². The van der Waals surface area contributed by atoms with E-state index in [0.29, 0.717) is 11.3 Å². The molecule has 7 nitrogen and oxygen atoms in total. The SMILES string of the molecule is COCCN1C(=O)C(O)=C(C(=O)CC(C)C)C1c1ccc(OC(C)=O)cc1. The molecule has 0 saturated heterocycles. The molecule has 0 radical (unpaired) electrons. The highest BCUT2D eigenvalue weighted by molar-refractivity contribution is 6.09. The van der Waals surface area contributed by atoms with E-state index >= 15 is 0 Å². The summed E-state index contributed by atoms with van der Waals surface area (Å²) in [7, 11) is 1.52. The Kier molecular flexibility index (Phi) is 6.74. The minimum absolute atomic E-state index is 0.0907. The first kappa shape index (κ1) is 20.6. The van der Waals surface area contributed by atoms with E-state index in [1.807, 2.05) is 13.8 Å². The van der Waals surface area contributed by atoms with Crippen molar-refractivity contribution in [3.8, 4) is 5.75 Å². The Balaban J connectivity index is 2.42. The van der Waals surface area contributed by atoms with Gasteiger partial charge < -0.3 is 19.5 Å². The minimum Gasteiger partial charge on any atom is -0.503 e. The Labute approximate surface area is 158 Å². The molecule has 0 spiro atoms. The Morgan fingerprint density at radius 2 is 1.85 bits per heavy atom. The van der Waals surface area contributed by atoms with Crippen LogP contribution in [-0.2, 0) is 19.1 Å². The summed E-state index contributed by atoms with van der Waals surface area (Å²) in [4.78, 5) is 37.8. The zero-order valence-corrected chi connectivity index (χ0v) is 16.0. The monoisotopic (exact) mass is 375 g/mol.